The van der Waals surface area contributed by atoms with Crippen LogP contribution in [-0.4, -0.2) is 40.0 Å². The normalized spacial score (nSPS) is 23.1. The molecule has 1 saturated heterocycles. The molecule has 96 valence electrons. The second-order valence-electron chi connectivity index (χ2n) is 4.66. The number of nitrogens with two attached hydrogens (primary N) is 1. The maximum atomic E-state index is 11.3. The molecular weight excluding hydrogens is 236 g/mol. The summed E-state index contributed by atoms with van der Waals surface area (Å²) in [6.07, 6.45) is 3.26. The van der Waals surface area contributed by atoms with Crippen LogP contribution in [-0.2, 0) is 4.79 Å². The number of aromatic carboxylic acids is 1. The second kappa shape index (κ2) is 4.25. The molecule has 1 amide bonds. The van der Waals surface area contributed by atoms with Gasteiger partial charge in [-0.1, -0.05) is 0 Å². The van der Waals surface area contributed by atoms with E-state index in [1.54, 1.807) is 0 Å². The number of carboxylic acids is 1. The van der Waals surface area contributed by atoms with E-state index in [9.17, 15) is 9.59 Å². The molecule has 0 bridgehead atoms. The zero-order valence-corrected chi connectivity index (χ0v) is 9.96. The first-order chi connectivity index (χ1) is 8.42. The average Bonchev–Trinajstić information content (AvgIpc) is 2.73. The van der Waals surface area contributed by atoms with Crippen LogP contribution in [0.1, 0.15) is 23.8 Å². The lowest BCUT2D eigenvalue weighted by Crippen LogP contribution is -2.37. The van der Waals surface area contributed by atoms with Gasteiger partial charge in [-0.2, -0.15) is 0 Å². The van der Waals surface area contributed by atoms with Crippen LogP contribution in [0.4, 0.5) is 5.82 Å². The summed E-state index contributed by atoms with van der Waals surface area (Å²) in [6, 6.07) is 0. The lowest BCUT2D eigenvalue weighted by atomic mass is 9.89. The molecule has 3 N–H and O–H groups in total. The summed E-state index contributed by atoms with van der Waals surface area (Å²) >= 11 is 0. The summed E-state index contributed by atoms with van der Waals surface area (Å²) in [6.45, 7) is 2.94. The highest BCUT2D eigenvalue weighted by atomic mass is 16.4. The van der Waals surface area contributed by atoms with Crippen molar-refractivity contribution in [3.8, 4) is 0 Å². The number of primary amides is 1. The van der Waals surface area contributed by atoms with E-state index < -0.39 is 11.4 Å². The van der Waals surface area contributed by atoms with Gasteiger partial charge in [0.25, 0.3) is 0 Å². The number of nitrogens with zero attached hydrogens (tertiary/aromatic N) is 3. The number of amides is 1. The number of rotatable bonds is 3. The first-order valence-electron chi connectivity index (χ1n) is 5.52. The van der Waals surface area contributed by atoms with Crippen molar-refractivity contribution in [3.63, 3.8) is 0 Å². The Balaban J connectivity index is 2.15. The number of carbonyl (C=O) groups excluding carboxylic acids is 1. The lowest BCUT2D eigenvalue weighted by Gasteiger charge is -2.21. The Labute approximate surface area is 104 Å². The Kier molecular flexibility index (Phi) is 2.90. The fourth-order valence-electron chi connectivity index (χ4n) is 1.95. The number of hydrogen-bond donors (Lipinski definition) is 2. The molecule has 0 aromatic carbocycles. The van der Waals surface area contributed by atoms with Gasteiger partial charge >= 0.3 is 5.97 Å². The highest BCUT2D eigenvalue weighted by Crippen LogP contribution is 2.31. The van der Waals surface area contributed by atoms with Crippen molar-refractivity contribution in [2.75, 3.05) is 18.0 Å². The summed E-state index contributed by atoms with van der Waals surface area (Å²) in [5.74, 6) is -0.887. The number of aromatic nitrogens is 2. The lowest BCUT2D eigenvalue weighted by molar-refractivity contribution is -0.125. The van der Waals surface area contributed by atoms with Crippen LogP contribution in [0, 0.1) is 5.41 Å². The molecule has 0 saturated carbocycles. The summed E-state index contributed by atoms with van der Waals surface area (Å²) in [7, 11) is 0. The number of carboxylic acid groups (broad SMARTS) is 1. The van der Waals surface area contributed by atoms with Crippen molar-refractivity contribution in [3.05, 3.63) is 18.1 Å². The molecule has 0 spiro atoms. The van der Waals surface area contributed by atoms with Crippen molar-refractivity contribution >= 4 is 17.7 Å². The Bertz CT molecular complexity index is 488. The second-order valence-corrected chi connectivity index (χ2v) is 4.66. The molecule has 2 heterocycles. The van der Waals surface area contributed by atoms with Gasteiger partial charge in [-0.3, -0.25) is 4.79 Å². The van der Waals surface area contributed by atoms with Crippen LogP contribution in [0.2, 0.25) is 0 Å². The Morgan fingerprint density at radius 3 is 2.61 bits per heavy atom. The summed E-state index contributed by atoms with van der Waals surface area (Å²) in [4.78, 5) is 31.7. The van der Waals surface area contributed by atoms with E-state index in [4.69, 9.17) is 10.8 Å². The van der Waals surface area contributed by atoms with Gasteiger partial charge in [-0.15, -0.1) is 0 Å². The third-order valence-corrected chi connectivity index (χ3v) is 3.25. The molecule has 7 nitrogen and oxygen atoms in total. The molecule has 1 aliphatic rings. The molecular formula is C11H14N4O3. The van der Waals surface area contributed by atoms with Crippen LogP contribution in [0.15, 0.2) is 12.4 Å². The van der Waals surface area contributed by atoms with Gasteiger partial charge in [0.1, 0.15) is 5.82 Å². The molecule has 7 heteroatoms. The molecule has 1 atom stereocenters. The van der Waals surface area contributed by atoms with Crippen LogP contribution < -0.4 is 10.6 Å². The maximum absolute atomic E-state index is 11.3. The van der Waals surface area contributed by atoms with E-state index in [1.807, 2.05) is 11.8 Å². The third-order valence-electron chi connectivity index (χ3n) is 3.25. The largest absolute Gasteiger partial charge is 0.476 e. The van der Waals surface area contributed by atoms with Gasteiger partial charge in [-0.05, 0) is 13.3 Å². The van der Waals surface area contributed by atoms with Crippen LogP contribution in [0.5, 0.6) is 0 Å². The average molecular weight is 250 g/mol. The summed E-state index contributed by atoms with van der Waals surface area (Å²) in [5.41, 5.74) is 4.69. The fraction of sp³-hybridized carbons (Fsp3) is 0.455. The SMILES string of the molecule is CC1(C(N)=O)CCN(c2cnc(C(=O)O)cn2)C1. The van der Waals surface area contributed by atoms with E-state index >= 15 is 0 Å². The highest BCUT2D eigenvalue weighted by molar-refractivity contribution is 5.85. The van der Waals surface area contributed by atoms with Gasteiger partial charge in [0, 0.05) is 13.1 Å². The van der Waals surface area contributed by atoms with Crippen molar-refractivity contribution in [2.24, 2.45) is 11.1 Å². The summed E-state index contributed by atoms with van der Waals surface area (Å²) < 4.78 is 0. The topological polar surface area (TPSA) is 109 Å². The monoisotopic (exact) mass is 250 g/mol. The van der Waals surface area contributed by atoms with E-state index in [-0.39, 0.29) is 11.6 Å². The molecule has 1 aromatic rings. The Morgan fingerprint density at radius 1 is 1.44 bits per heavy atom. The molecule has 18 heavy (non-hydrogen) atoms. The molecule has 1 unspecified atom stereocenters. The zero-order valence-electron chi connectivity index (χ0n) is 9.96. The maximum Gasteiger partial charge on any atom is 0.356 e. The standard InChI is InChI=1S/C11H14N4O3/c1-11(10(12)18)2-3-15(6-11)8-5-13-7(4-14-8)9(16)17/h4-5H,2-3,6H2,1H3,(H2,12,18)(H,16,17). The molecule has 0 radical (unpaired) electrons. The van der Waals surface area contributed by atoms with E-state index in [0.717, 1.165) is 0 Å². The molecule has 1 aromatic heterocycles. The molecule has 1 fully saturated rings. The van der Waals surface area contributed by atoms with Gasteiger partial charge in [0.05, 0.1) is 17.8 Å². The number of anilines is 1. The predicted octanol–water partition coefficient (Wildman–Crippen LogP) is -0.124. The van der Waals surface area contributed by atoms with Crippen LogP contribution in [0.25, 0.3) is 0 Å². The quantitative estimate of drug-likeness (QED) is 0.773. The smallest absolute Gasteiger partial charge is 0.356 e. The number of carbonyl (C=O) groups is 2. The molecule has 2 rings (SSSR count). The van der Waals surface area contributed by atoms with Gasteiger partial charge in [-0.25, -0.2) is 14.8 Å². The first kappa shape index (κ1) is 12.3. The predicted molar refractivity (Wildman–Crippen MR) is 63.1 cm³/mol. The first-order valence-corrected chi connectivity index (χ1v) is 5.52. The van der Waals surface area contributed by atoms with Gasteiger partial charge in [0.2, 0.25) is 5.91 Å². The van der Waals surface area contributed by atoms with Crippen molar-refractivity contribution < 1.29 is 14.7 Å². The number of hydrogen-bond acceptors (Lipinski definition) is 5. The van der Waals surface area contributed by atoms with Gasteiger partial charge < -0.3 is 15.7 Å². The minimum absolute atomic E-state index is 0.101. The van der Waals surface area contributed by atoms with E-state index in [1.165, 1.54) is 12.4 Å². The summed E-state index contributed by atoms with van der Waals surface area (Å²) in [5, 5.41) is 8.72. The van der Waals surface area contributed by atoms with E-state index in [0.29, 0.717) is 25.3 Å². The minimum atomic E-state index is -1.11. The third kappa shape index (κ3) is 2.11. The Morgan fingerprint density at radius 2 is 2.17 bits per heavy atom. The molecule has 0 aliphatic carbocycles. The molecule has 1 aliphatic heterocycles. The zero-order chi connectivity index (χ0) is 13.3. The van der Waals surface area contributed by atoms with Crippen LogP contribution >= 0.6 is 0 Å². The highest BCUT2D eigenvalue weighted by Gasteiger charge is 2.39. The Hall–Kier alpha value is -2.18. The van der Waals surface area contributed by atoms with E-state index in [2.05, 4.69) is 9.97 Å². The van der Waals surface area contributed by atoms with Crippen molar-refractivity contribution in [1.29, 1.82) is 0 Å². The van der Waals surface area contributed by atoms with Gasteiger partial charge in [0.15, 0.2) is 5.69 Å². The fourth-order valence-corrected chi connectivity index (χ4v) is 1.95. The van der Waals surface area contributed by atoms with Crippen molar-refractivity contribution in [2.45, 2.75) is 13.3 Å². The van der Waals surface area contributed by atoms with Crippen LogP contribution in [0.3, 0.4) is 0 Å². The minimum Gasteiger partial charge on any atom is -0.476 e. The van der Waals surface area contributed by atoms with Crippen molar-refractivity contribution in [1.82, 2.24) is 9.97 Å².